The van der Waals surface area contributed by atoms with E-state index in [0.717, 1.165) is 32.1 Å². The van der Waals surface area contributed by atoms with Crippen LogP contribution in [0.1, 0.15) is 43.2 Å². The predicted molar refractivity (Wildman–Crippen MR) is 96.8 cm³/mol. The quantitative estimate of drug-likeness (QED) is 0.599. The number of aryl methyl sites for hydroxylation is 1. The van der Waals surface area contributed by atoms with Crippen molar-refractivity contribution in [1.29, 1.82) is 0 Å². The molecule has 1 aromatic carbocycles. The van der Waals surface area contributed by atoms with E-state index in [9.17, 15) is 0 Å². The summed E-state index contributed by atoms with van der Waals surface area (Å²) in [4.78, 5) is 4.36. The van der Waals surface area contributed by atoms with Crippen LogP contribution >= 0.6 is 0 Å². The zero-order valence-electron chi connectivity index (χ0n) is 14.8. The van der Waals surface area contributed by atoms with Gasteiger partial charge < -0.3 is 15.4 Å². The molecule has 1 saturated carbocycles. The van der Waals surface area contributed by atoms with Crippen LogP contribution in [-0.2, 0) is 11.3 Å². The lowest BCUT2D eigenvalue weighted by Gasteiger charge is -2.30. The first-order chi connectivity index (χ1) is 11.2. The number of nitrogens with one attached hydrogen (secondary N) is 2. The van der Waals surface area contributed by atoms with Crippen molar-refractivity contribution in [2.45, 2.75) is 45.6 Å². The van der Waals surface area contributed by atoms with Gasteiger partial charge in [-0.05, 0) is 37.2 Å². The Morgan fingerprint density at radius 3 is 2.70 bits per heavy atom. The highest BCUT2D eigenvalue weighted by atomic mass is 16.5. The van der Waals surface area contributed by atoms with Gasteiger partial charge in [-0.3, -0.25) is 4.99 Å². The molecule has 1 aromatic rings. The third-order valence-electron chi connectivity index (χ3n) is 4.90. The van der Waals surface area contributed by atoms with E-state index in [1.54, 1.807) is 7.11 Å². The molecule has 4 heteroatoms. The van der Waals surface area contributed by atoms with E-state index in [1.165, 1.54) is 36.8 Å². The molecule has 1 aliphatic carbocycles. The van der Waals surface area contributed by atoms with Gasteiger partial charge in [0.25, 0.3) is 0 Å². The number of benzene rings is 1. The van der Waals surface area contributed by atoms with Crippen molar-refractivity contribution in [3.8, 4) is 0 Å². The summed E-state index contributed by atoms with van der Waals surface area (Å²) in [5.74, 6) is 0.884. The minimum Gasteiger partial charge on any atom is -0.385 e. The van der Waals surface area contributed by atoms with Crippen LogP contribution in [-0.4, -0.2) is 33.3 Å². The Morgan fingerprint density at radius 2 is 2.04 bits per heavy atom. The molecular weight excluding hydrogens is 286 g/mol. The fourth-order valence-corrected chi connectivity index (χ4v) is 3.46. The summed E-state index contributed by atoms with van der Waals surface area (Å²) in [5, 5.41) is 6.95. The lowest BCUT2D eigenvalue weighted by molar-refractivity contribution is 0.138. The third kappa shape index (κ3) is 5.54. The first kappa shape index (κ1) is 17.8. The highest BCUT2D eigenvalue weighted by Crippen LogP contribution is 2.40. The number of guanidine groups is 1. The van der Waals surface area contributed by atoms with Gasteiger partial charge in [0.1, 0.15) is 0 Å². The van der Waals surface area contributed by atoms with Crippen LogP contribution in [0.2, 0.25) is 0 Å². The van der Waals surface area contributed by atoms with Crippen molar-refractivity contribution < 1.29 is 4.74 Å². The van der Waals surface area contributed by atoms with Crippen LogP contribution in [0.4, 0.5) is 0 Å². The number of rotatable bonds is 7. The van der Waals surface area contributed by atoms with E-state index in [2.05, 4.69) is 46.8 Å². The van der Waals surface area contributed by atoms with Crippen molar-refractivity contribution in [2.24, 2.45) is 10.4 Å². The molecule has 0 unspecified atom stereocenters. The Kier molecular flexibility index (Phi) is 6.90. The molecule has 0 heterocycles. The minimum atomic E-state index is 0.372. The fourth-order valence-electron chi connectivity index (χ4n) is 3.46. The van der Waals surface area contributed by atoms with Crippen molar-refractivity contribution in [1.82, 2.24) is 10.6 Å². The van der Waals surface area contributed by atoms with Gasteiger partial charge in [-0.2, -0.15) is 0 Å². The lowest BCUT2D eigenvalue weighted by atomic mass is 9.83. The second kappa shape index (κ2) is 8.92. The van der Waals surface area contributed by atoms with Crippen LogP contribution in [0, 0.1) is 12.3 Å². The molecule has 1 fully saturated rings. The summed E-state index contributed by atoms with van der Waals surface area (Å²) >= 11 is 0. The maximum atomic E-state index is 5.30. The fraction of sp³-hybridized carbons (Fsp3) is 0.632. The van der Waals surface area contributed by atoms with E-state index in [4.69, 9.17) is 4.74 Å². The number of ether oxygens (including phenoxy) is 1. The van der Waals surface area contributed by atoms with E-state index in [-0.39, 0.29) is 0 Å². The van der Waals surface area contributed by atoms with E-state index in [0.29, 0.717) is 5.41 Å². The molecular formula is C19H31N3O. The molecule has 0 aromatic heterocycles. The van der Waals surface area contributed by atoms with Gasteiger partial charge >= 0.3 is 0 Å². The average Bonchev–Trinajstić information content (AvgIpc) is 3.02. The molecule has 2 N–H and O–H groups in total. The first-order valence-electron chi connectivity index (χ1n) is 8.66. The number of methoxy groups -OCH3 is 1. The van der Waals surface area contributed by atoms with Gasteiger partial charge in [0, 0.05) is 33.9 Å². The Labute approximate surface area is 140 Å². The van der Waals surface area contributed by atoms with E-state index >= 15 is 0 Å². The molecule has 0 atom stereocenters. The van der Waals surface area contributed by atoms with E-state index in [1.807, 2.05) is 7.05 Å². The Morgan fingerprint density at radius 1 is 1.26 bits per heavy atom. The summed E-state index contributed by atoms with van der Waals surface area (Å²) in [6.45, 7) is 4.74. The minimum absolute atomic E-state index is 0.372. The Hall–Kier alpha value is -1.55. The maximum Gasteiger partial charge on any atom is 0.191 e. The van der Waals surface area contributed by atoms with Crippen molar-refractivity contribution in [3.05, 3.63) is 35.4 Å². The second-order valence-corrected chi connectivity index (χ2v) is 6.72. The topological polar surface area (TPSA) is 45.7 Å². The van der Waals surface area contributed by atoms with E-state index < -0.39 is 0 Å². The molecule has 23 heavy (non-hydrogen) atoms. The molecule has 4 nitrogen and oxygen atoms in total. The number of aliphatic imine (C=N–C) groups is 1. The highest BCUT2D eigenvalue weighted by Gasteiger charge is 2.33. The van der Waals surface area contributed by atoms with Gasteiger partial charge in [0.2, 0.25) is 0 Å². The molecule has 0 aliphatic heterocycles. The van der Waals surface area contributed by atoms with Gasteiger partial charge in [0.15, 0.2) is 5.96 Å². The van der Waals surface area contributed by atoms with Crippen LogP contribution in [0.25, 0.3) is 0 Å². The van der Waals surface area contributed by atoms with Crippen molar-refractivity contribution in [2.75, 3.05) is 27.3 Å². The monoisotopic (exact) mass is 317 g/mol. The summed E-state index contributed by atoms with van der Waals surface area (Å²) in [6.07, 6.45) is 6.38. The van der Waals surface area contributed by atoms with Crippen molar-refractivity contribution in [3.63, 3.8) is 0 Å². The van der Waals surface area contributed by atoms with Crippen molar-refractivity contribution >= 4 is 5.96 Å². The van der Waals surface area contributed by atoms with Gasteiger partial charge in [-0.25, -0.2) is 0 Å². The number of hydrogen-bond donors (Lipinski definition) is 2. The molecule has 0 radical (unpaired) electrons. The second-order valence-electron chi connectivity index (χ2n) is 6.72. The predicted octanol–water partition coefficient (Wildman–Crippen LogP) is 3.26. The largest absolute Gasteiger partial charge is 0.385 e. The Balaban J connectivity index is 1.84. The van der Waals surface area contributed by atoms with Gasteiger partial charge in [0.05, 0.1) is 0 Å². The number of hydrogen-bond acceptors (Lipinski definition) is 2. The van der Waals surface area contributed by atoms with Gasteiger partial charge in [-0.15, -0.1) is 0 Å². The molecule has 1 aliphatic rings. The lowest BCUT2D eigenvalue weighted by Crippen LogP contribution is -2.43. The summed E-state index contributed by atoms with van der Waals surface area (Å²) in [7, 11) is 3.63. The normalized spacial score (nSPS) is 17.3. The molecule has 0 amide bonds. The molecule has 128 valence electrons. The van der Waals surface area contributed by atoms with Crippen LogP contribution in [0.15, 0.2) is 29.3 Å². The average molecular weight is 317 g/mol. The molecule has 2 rings (SSSR count). The highest BCUT2D eigenvalue weighted by molar-refractivity contribution is 5.79. The van der Waals surface area contributed by atoms with Crippen LogP contribution in [0.3, 0.4) is 0 Å². The maximum absolute atomic E-state index is 5.30. The zero-order chi connectivity index (χ0) is 16.5. The first-order valence-corrected chi connectivity index (χ1v) is 8.66. The number of nitrogens with zero attached hydrogens (tertiary/aromatic N) is 1. The SMILES string of the molecule is CN=C(NCc1cccc(C)c1)NCC1(CCOC)CCCC1. The Bertz CT molecular complexity index is 507. The third-order valence-corrected chi connectivity index (χ3v) is 4.90. The van der Waals surface area contributed by atoms with Crippen LogP contribution < -0.4 is 10.6 Å². The summed E-state index contributed by atoms with van der Waals surface area (Å²) in [5.41, 5.74) is 2.94. The summed E-state index contributed by atoms with van der Waals surface area (Å²) < 4.78 is 5.30. The van der Waals surface area contributed by atoms with Crippen LogP contribution in [0.5, 0.6) is 0 Å². The smallest absolute Gasteiger partial charge is 0.191 e. The summed E-state index contributed by atoms with van der Waals surface area (Å²) in [6, 6.07) is 8.57. The standard InChI is InChI=1S/C19H31N3O/c1-16-7-6-8-17(13-16)14-21-18(20-2)22-15-19(11-12-23-3)9-4-5-10-19/h6-8,13H,4-5,9-12,14-15H2,1-3H3,(H2,20,21,22). The molecule has 0 spiro atoms. The molecule has 0 saturated heterocycles. The molecule has 0 bridgehead atoms. The van der Waals surface area contributed by atoms with Gasteiger partial charge in [-0.1, -0.05) is 42.7 Å². The zero-order valence-corrected chi connectivity index (χ0v) is 14.8.